The van der Waals surface area contributed by atoms with Crippen LogP contribution >= 0.6 is 11.3 Å². The fraction of sp³-hybridized carbons (Fsp3) is 0.389. The quantitative estimate of drug-likeness (QED) is 0.832. The predicted octanol–water partition coefficient (Wildman–Crippen LogP) is 3.40. The molecule has 1 aromatic heterocycles. The van der Waals surface area contributed by atoms with Gasteiger partial charge in [-0.05, 0) is 30.0 Å². The molecule has 1 aliphatic heterocycles. The number of rotatable bonds is 5. The van der Waals surface area contributed by atoms with E-state index in [4.69, 9.17) is 14.2 Å². The molecule has 1 aliphatic rings. The molecule has 6 heteroatoms. The SMILES string of the molecule is COc1cc(C(=O)N2CCC(c3cccs3)C2)cc(OC)c1OC. The lowest BCUT2D eigenvalue weighted by atomic mass is 10.1. The van der Waals surface area contributed by atoms with E-state index in [9.17, 15) is 4.79 Å². The molecule has 0 radical (unpaired) electrons. The van der Waals surface area contributed by atoms with Crippen LogP contribution in [0.25, 0.3) is 0 Å². The van der Waals surface area contributed by atoms with Crippen LogP contribution in [0.3, 0.4) is 0 Å². The number of hydrogen-bond acceptors (Lipinski definition) is 5. The Balaban J connectivity index is 1.82. The highest BCUT2D eigenvalue weighted by atomic mass is 32.1. The maximum atomic E-state index is 12.9. The van der Waals surface area contributed by atoms with Crippen LogP contribution in [-0.2, 0) is 0 Å². The molecule has 0 saturated carbocycles. The van der Waals surface area contributed by atoms with Gasteiger partial charge in [0.05, 0.1) is 21.3 Å². The van der Waals surface area contributed by atoms with Gasteiger partial charge in [0.25, 0.3) is 5.91 Å². The second-order valence-electron chi connectivity index (χ2n) is 5.67. The third-order valence-corrected chi connectivity index (χ3v) is 5.37. The smallest absolute Gasteiger partial charge is 0.254 e. The van der Waals surface area contributed by atoms with E-state index in [1.165, 1.54) is 4.88 Å². The van der Waals surface area contributed by atoms with Crippen molar-refractivity contribution in [1.29, 1.82) is 0 Å². The molecule has 1 fully saturated rings. The van der Waals surface area contributed by atoms with Crippen molar-refractivity contribution in [3.8, 4) is 17.2 Å². The standard InChI is InChI=1S/C18H21NO4S/c1-21-14-9-13(10-15(22-2)17(14)23-3)18(20)19-7-6-12(11-19)16-5-4-8-24-16/h4-5,8-10,12H,6-7,11H2,1-3H3. The topological polar surface area (TPSA) is 48.0 Å². The first kappa shape index (κ1) is 16.6. The summed E-state index contributed by atoms with van der Waals surface area (Å²) >= 11 is 1.75. The molecule has 24 heavy (non-hydrogen) atoms. The lowest BCUT2D eigenvalue weighted by molar-refractivity contribution is 0.0790. The summed E-state index contributed by atoms with van der Waals surface area (Å²) in [4.78, 5) is 16.1. The minimum Gasteiger partial charge on any atom is -0.493 e. The van der Waals surface area contributed by atoms with Gasteiger partial charge in [-0.2, -0.15) is 0 Å². The Labute approximate surface area is 145 Å². The Kier molecular flexibility index (Phi) is 4.94. The number of carbonyl (C=O) groups is 1. The minimum absolute atomic E-state index is 0.00620. The van der Waals surface area contributed by atoms with Gasteiger partial charge in [0.2, 0.25) is 5.75 Å². The highest BCUT2D eigenvalue weighted by Crippen LogP contribution is 2.39. The Morgan fingerprint density at radius 1 is 1.17 bits per heavy atom. The summed E-state index contributed by atoms with van der Waals surface area (Å²) in [5.41, 5.74) is 0.552. The molecule has 1 amide bonds. The molecular weight excluding hydrogens is 326 g/mol. The molecule has 0 aliphatic carbocycles. The Morgan fingerprint density at radius 2 is 1.88 bits per heavy atom. The summed E-state index contributed by atoms with van der Waals surface area (Å²) in [6.45, 7) is 1.51. The number of nitrogens with zero attached hydrogens (tertiary/aromatic N) is 1. The van der Waals surface area contributed by atoms with Crippen LogP contribution in [0.5, 0.6) is 17.2 Å². The molecule has 1 unspecified atom stereocenters. The number of carbonyl (C=O) groups excluding carboxylic acids is 1. The van der Waals surface area contributed by atoms with Crippen LogP contribution in [0, 0.1) is 0 Å². The summed E-state index contributed by atoms with van der Waals surface area (Å²) in [6, 6.07) is 7.62. The summed E-state index contributed by atoms with van der Waals surface area (Å²) in [5, 5.41) is 2.08. The number of methoxy groups -OCH3 is 3. The zero-order valence-corrected chi connectivity index (χ0v) is 14.9. The van der Waals surface area contributed by atoms with E-state index in [0.717, 1.165) is 19.5 Å². The lowest BCUT2D eigenvalue weighted by Gasteiger charge is -2.19. The van der Waals surface area contributed by atoms with Crippen molar-refractivity contribution < 1.29 is 19.0 Å². The normalized spacial score (nSPS) is 17.0. The van der Waals surface area contributed by atoms with E-state index in [0.29, 0.717) is 28.7 Å². The Bertz CT molecular complexity index is 689. The van der Waals surface area contributed by atoms with Crippen molar-refractivity contribution in [2.75, 3.05) is 34.4 Å². The first-order valence-electron chi connectivity index (χ1n) is 7.80. The van der Waals surface area contributed by atoms with Gasteiger partial charge in [0.15, 0.2) is 11.5 Å². The van der Waals surface area contributed by atoms with Crippen LogP contribution in [0.15, 0.2) is 29.6 Å². The summed E-state index contributed by atoms with van der Waals surface area (Å²) in [5.74, 6) is 1.90. The molecule has 1 aromatic carbocycles. The van der Waals surface area contributed by atoms with Crippen molar-refractivity contribution in [2.45, 2.75) is 12.3 Å². The van der Waals surface area contributed by atoms with Gasteiger partial charge in [-0.3, -0.25) is 4.79 Å². The van der Waals surface area contributed by atoms with Crippen molar-refractivity contribution in [3.63, 3.8) is 0 Å². The van der Waals surface area contributed by atoms with Gasteiger partial charge in [-0.1, -0.05) is 6.07 Å². The van der Waals surface area contributed by atoms with Crippen molar-refractivity contribution >= 4 is 17.2 Å². The van der Waals surface area contributed by atoms with Crippen LogP contribution in [0.1, 0.15) is 27.6 Å². The minimum atomic E-state index is -0.00620. The first-order chi connectivity index (χ1) is 11.7. The molecule has 128 valence electrons. The van der Waals surface area contributed by atoms with Gasteiger partial charge >= 0.3 is 0 Å². The van der Waals surface area contributed by atoms with Crippen molar-refractivity contribution in [1.82, 2.24) is 4.90 Å². The number of likely N-dealkylation sites (tertiary alicyclic amines) is 1. The van der Waals surface area contributed by atoms with Crippen LogP contribution in [-0.4, -0.2) is 45.2 Å². The van der Waals surface area contributed by atoms with E-state index >= 15 is 0 Å². The summed E-state index contributed by atoms with van der Waals surface area (Å²) in [7, 11) is 4.65. The molecule has 0 N–H and O–H groups in total. The fourth-order valence-corrected chi connectivity index (χ4v) is 3.94. The zero-order chi connectivity index (χ0) is 17.1. The summed E-state index contributed by atoms with van der Waals surface area (Å²) in [6.07, 6.45) is 0.997. The molecule has 0 spiro atoms. The third-order valence-electron chi connectivity index (χ3n) is 4.33. The molecule has 2 heterocycles. The number of amides is 1. The summed E-state index contributed by atoms with van der Waals surface area (Å²) < 4.78 is 16.0. The van der Waals surface area contributed by atoms with E-state index < -0.39 is 0 Å². The van der Waals surface area contributed by atoms with Crippen molar-refractivity contribution in [2.24, 2.45) is 0 Å². The largest absolute Gasteiger partial charge is 0.493 e. The van der Waals surface area contributed by atoms with Gasteiger partial charge in [-0.15, -0.1) is 11.3 Å². The average molecular weight is 347 g/mol. The molecule has 1 atom stereocenters. The number of hydrogen-bond donors (Lipinski definition) is 0. The first-order valence-corrected chi connectivity index (χ1v) is 8.68. The van der Waals surface area contributed by atoms with Gasteiger partial charge in [0.1, 0.15) is 0 Å². The van der Waals surface area contributed by atoms with Crippen LogP contribution < -0.4 is 14.2 Å². The lowest BCUT2D eigenvalue weighted by Crippen LogP contribution is -2.28. The monoisotopic (exact) mass is 347 g/mol. The second-order valence-corrected chi connectivity index (χ2v) is 6.65. The highest BCUT2D eigenvalue weighted by molar-refractivity contribution is 7.10. The van der Waals surface area contributed by atoms with E-state index in [1.807, 2.05) is 4.90 Å². The fourth-order valence-electron chi connectivity index (χ4n) is 3.09. The number of benzene rings is 1. The van der Waals surface area contributed by atoms with Gasteiger partial charge in [0, 0.05) is 29.4 Å². The van der Waals surface area contributed by atoms with Crippen LogP contribution in [0.2, 0.25) is 0 Å². The maximum absolute atomic E-state index is 12.9. The number of ether oxygens (including phenoxy) is 3. The van der Waals surface area contributed by atoms with E-state index in [1.54, 1.807) is 44.8 Å². The molecule has 1 saturated heterocycles. The van der Waals surface area contributed by atoms with E-state index in [2.05, 4.69) is 17.5 Å². The highest BCUT2D eigenvalue weighted by Gasteiger charge is 2.29. The van der Waals surface area contributed by atoms with Gasteiger partial charge < -0.3 is 19.1 Å². The predicted molar refractivity (Wildman–Crippen MR) is 93.7 cm³/mol. The molecule has 5 nitrogen and oxygen atoms in total. The second kappa shape index (κ2) is 7.13. The average Bonchev–Trinajstić information content (AvgIpc) is 3.30. The Morgan fingerprint density at radius 3 is 2.42 bits per heavy atom. The Hall–Kier alpha value is -2.21. The zero-order valence-electron chi connectivity index (χ0n) is 14.1. The molecular formula is C18H21NO4S. The maximum Gasteiger partial charge on any atom is 0.254 e. The molecule has 3 rings (SSSR count). The van der Waals surface area contributed by atoms with E-state index in [-0.39, 0.29) is 5.91 Å². The van der Waals surface area contributed by atoms with Gasteiger partial charge in [-0.25, -0.2) is 0 Å². The van der Waals surface area contributed by atoms with Crippen molar-refractivity contribution in [3.05, 3.63) is 40.1 Å². The number of thiophene rings is 1. The van der Waals surface area contributed by atoms with Crippen LogP contribution in [0.4, 0.5) is 0 Å². The third kappa shape index (κ3) is 3.06. The molecule has 0 bridgehead atoms. The molecule has 2 aromatic rings.